The predicted octanol–water partition coefficient (Wildman–Crippen LogP) is 1.02. The molecule has 54 valence electrons. The van der Waals surface area contributed by atoms with Crippen LogP contribution in [0, 0.1) is 0 Å². The normalized spacial score (nSPS) is 9.30. The Morgan fingerprint density at radius 2 is 2.10 bits per heavy atom. The summed E-state index contributed by atoms with van der Waals surface area (Å²) in [6, 6.07) is 4.86. The Bertz CT molecular complexity index is 215. The van der Waals surface area contributed by atoms with Crippen LogP contribution < -0.4 is 11.1 Å². The third-order valence-corrected chi connectivity index (χ3v) is 1.23. The van der Waals surface area contributed by atoms with E-state index in [1.807, 2.05) is 0 Å². The van der Waals surface area contributed by atoms with Crippen molar-refractivity contribution in [3.63, 3.8) is 0 Å². The second kappa shape index (κ2) is 2.47. The molecular weight excluding hydrogens is 128 g/mol. The van der Waals surface area contributed by atoms with Crippen LogP contribution in [0.2, 0.25) is 0 Å². The first-order chi connectivity index (χ1) is 4.72. The van der Waals surface area contributed by atoms with Crippen molar-refractivity contribution in [2.75, 3.05) is 18.1 Å². The average molecular weight is 138 g/mol. The summed E-state index contributed by atoms with van der Waals surface area (Å²) in [5.74, 6) is 0.185. The van der Waals surface area contributed by atoms with Crippen LogP contribution in [0.1, 0.15) is 0 Å². The highest BCUT2D eigenvalue weighted by molar-refractivity contribution is 5.58. The van der Waals surface area contributed by atoms with Gasteiger partial charge in [0, 0.05) is 30.6 Å². The summed E-state index contributed by atoms with van der Waals surface area (Å²) in [5.41, 5.74) is 6.81. The van der Waals surface area contributed by atoms with Crippen LogP contribution in [0.15, 0.2) is 18.2 Å². The van der Waals surface area contributed by atoms with Gasteiger partial charge in [0.15, 0.2) is 0 Å². The number of rotatable bonds is 1. The lowest BCUT2D eigenvalue weighted by Gasteiger charge is -2.01. The van der Waals surface area contributed by atoms with Gasteiger partial charge in [0.25, 0.3) is 0 Å². The average Bonchev–Trinajstić information content (AvgIpc) is 1.85. The van der Waals surface area contributed by atoms with Crippen LogP contribution in [-0.4, -0.2) is 12.2 Å². The van der Waals surface area contributed by atoms with Gasteiger partial charge < -0.3 is 16.2 Å². The minimum Gasteiger partial charge on any atom is -0.508 e. The molecule has 3 heteroatoms. The fourth-order valence-electron chi connectivity index (χ4n) is 0.779. The van der Waals surface area contributed by atoms with Crippen LogP contribution in [-0.2, 0) is 0 Å². The molecule has 0 aromatic heterocycles. The minimum atomic E-state index is 0.185. The number of hydrogen-bond acceptors (Lipinski definition) is 3. The quantitative estimate of drug-likeness (QED) is 0.508. The molecule has 0 aliphatic carbocycles. The molecule has 0 aliphatic rings. The summed E-state index contributed by atoms with van der Waals surface area (Å²) < 4.78 is 0. The highest BCUT2D eigenvalue weighted by Gasteiger charge is 1.93. The van der Waals surface area contributed by atoms with E-state index in [9.17, 15) is 0 Å². The molecule has 0 fully saturated rings. The summed E-state index contributed by atoms with van der Waals surface area (Å²) in [6.45, 7) is 0. The first-order valence-corrected chi connectivity index (χ1v) is 2.99. The van der Waals surface area contributed by atoms with Gasteiger partial charge in [0.05, 0.1) is 0 Å². The number of benzene rings is 1. The second-order valence-corrected chi connectivity index (χ2v) is 2.06. The van der Waals surface area contributed by atoms with Gasteiger partial charge >= 0.3 is 0 Å². The smallest absolute Gasteiger partial charge is 0.119 e. The predicted molar refractivity (Wildman–Crippen MR) is 42.1 cm³/mol. The minimum absolute atomic E-state index is 0.185. The summed E-state index contributed by atoms with van der Waals surface area (Å²) >= 11 is 0. The van der Waals surface area contributed by atoms with Crippen LogP contribution in [0.3, 0.4) is 0 Å². The van der Waals surface area contributed by atoms with E-state index in [1.165, 1.54) is 6.07 Å². The van der Waals surface area contributed by atoms with Gasteiger partial charge in [-0.1, -0.05) is 0 Å². The van der Waals surface area contributed by atoms with Crippen molar-refractivity contribution in [1.29, 1.82) is 0 Å². The number of nitrogens with one attached hydrogen (secondary N) is 1. The van der Waals surface area contributed by atoms with E-state index >= 15 is 0 Å². The topological polar surface area (TPSA) is 58.3 Å². The van der Waals surface area contributed by atoms with E-state index in [-0.39, 0.29) is 5.75 Å². The molecule has 0 aliphatic heterocycles. The fraction of sp³-hybridized carbons (Fsp3) is 0.143. The Labute approximate surface area is 59.5 Å². The zero-order valence-electron chi connectivity index (χ0n) is 5.76. The van der Waals surface area contributed by atoms with Crippen molar-refractivity contribution in [1.82, 2.24) is 0 Å². The van der Waals surface area contributed by atoms with E-state index in [1.54, 1.807) is 19.2 Å². The summed E-state index contributed by atoms with van der Waals surface area (Å²) in [5, 5.41) is 11.9. The van der Waals surface area contributed by atoms with E-state index in [0.29, 0.717) is 5.69 Å². The molecule has 1 aromatic carbocycles. The second-order valence-electron chi connectivity index (χ2n) is 2.06. The van der Waals surface area contributed by atoms with Gasteiger partial charge in [-0.3, -0.25) is 0 Å². The van der Waals surface area contributed by atoms with Crippen molar-refractivity contribution < 1.29 is 5.11 Å². The van der Waals surface area contributed by atoms with Crippen molar-refractivity contribution in [2.24, 2.45) is 0 Å². The van der Waals surface area contributed by atoms with Gasteiger partial charge in [-0.15, -0.1) is 0 Å². The zero-order chi connectivity index (χ0) is 7.56. The highest BCUT2D eigenvalue weighted by atomic mass is 16.3. The van der Waals surface area contributed by atoms with E-state index in [0.717, 1.165) is 5.69 Å². The Morgan fingerprint density at radius 3 is 2.60 bits per heavy atom. The van der Waals surface area contributed by atoms with Gasteiger partial charge in [0.1, 0.15) is 5.75 Å². The van der Waals surface area contributed by atoms with Gasteiger partial charge in [-0.25, -0.2) is 0 Å². The van der Waals surface area contributed by atoms with Gasteiger partial charge in [0.2, 0.25) is 0 Å². The molecule has 0 atom stereocenters. The maximum absolute atomic E-state index is 9.00. The largest absolute Gasteiger partial charge is 0.508 e. The molecule has 0 bridgehead atoms. The van der Waals surface area contributed by atoms with Crippen molar-refractivity contribution >= 4 is 11.4 Å². The van der Waals surface area contributed by atoms with E-state index in [2.05, 4.69) is 5.32 Å². The van der Waals surface area contributed by atoms with E-state index < -0.39 is 0 Å². The van der Waals surface area contributed by atoms with Crippen molar-refractivity contribution in [2.45, 2.75) is 0 Å². The Morgan fingerprint density at radius 1 is 1.40 bits per heavy atom. The van der Waals surface area contributed by atoms with Crippen LogP contribution in [0.4, 0.5) is 11.4 Å². The summed E-state index contributed by atoms with van der Waals surface area (Å²) in [4.78, 5) is 0. The standard InChI is InChI=1S/C7H10N2O/c1-9-6-2-5(8)3-7(10)4-6/h2-4,9-10H,8H2,1H3. The number of aromatic hydroxyl groups is 1. The lowest BCUT2D eigenvalue weighted by Crippen LogP contribution is -1.90. The number of hydrogen-bond donors (Lipinski definition) is 3. The molecule has 0 heterocycles. The molecule has 0 saturated carbocycles. The lowest BCUT2D eigenvalue weighted by atomic mass is 10.2. The Kier molecular flexibility index (Phi) is 1.67. The third kappa shape index (κ3) is 1.31. The number of phenolic OH excluding ortho intramolecular Hbond substituents is 1. The molecular formula is C7H10N2O. The molecule has 0 radical (unpaired) electrons. The highest BCUT2D eigenvalue weighted by Crippen LogP contribution is 2.20. The molecule has 1 aromatic rings. The molecule has 0 amide bonds. The first kappa shape index (κ1) is 6.74. The van der Waals surface area contributed by atoms with Crippen molar-refractivity contribution in [3.05, 3.63) is 18.2 Å². The molecule has 3 nitrogen and oxygen atoms in total. The monoisotopic (exact) mass is 138 g/mol. The maximum atomic E-state index is 9.00. The molecule has 10 heavy (non-hydrogen) atoms. The summed E-state index contributed by atoms with van der Waals surface area (Å²) in [7, 11) is 1.77. The van der Waals surface area contributed by atoms with Crippen LogP contribution >= 0.6 is 0 Å². The third-order valence-electron chi connectivity index (χ3n) is 1.23. The van der Waals surface area contributed by atoms with Gasteiger partial charge in [-0.2, -0.15) is 0 Å². The maximum Gasteiger partial charge on any atom is 0.119 e. The van der Waals surface area contributed by atoms with Crippen LogP contribution in [0.25, 0.3) is 0 Å². The number of phenols is 1. The number of anilines is 2. The molecule has 0 spiro atoms. The molecule has 0 unspecified atom stereocenters. The SMILES string of the molecule is CNc1cc(N)cc(O)c1. The van der Waals surface area contributed by atoms with Crippen molar-refractivity contribution in [3.8, 4) is 5.75 Å². The Balaban J connectivity index is 3.06. The fourth-order valence-corrected chi connectivity index (χ4v) is 0.779. The van der Waals surface area contributed by atoms with Gasteiger partial charge in [-0.05, 0) is 6.07 Å². The molecule has 4 N–H and O–H groups in total. The number of nitrogen functional groups attached to an aromatic ring is 1. The van der Waals surface area contributed by atoms with E-state index in [4.69, 9.17) is 10.8 Å². The summed E-state index contributed by atoms with van der Waals surface area (Å²) in [6.07, 6.45) is 0. The van der Waals surface area contributed by atoms with Crippen LogP contribution in [0.5, 0.6) is 5.75 Å². The lowest BCUT2D eigenvalue weighted by molar-refractivity contribution is 0.476. The molecule has 1 rings (SSSR count). The zero-order valence-corrected chi connectivity index (χ0v) is 5.76. The first-order valence-electron chi connectivity index (χ1n) is 2.99. The molecule has 0 saturated heterocycles. The number of nitrogens with two attached hydrogens (primary N) is 1. The Hall–Kier alpha value is -1.38.